The van der Waals surface area contributed by atoms with Gasteiger partial charge >= 0.3 is 0 Å². The zero-order valence-electron chi connectivity index (χ0n) is 16.4. The molecule has 0 aliphatic carbocycles. The molecule has 0 radical (unpaired) electrons. The summed E-state index contributed by atoms with van der Waals surface area (Å²) < 4.78 is 5.76. The first kappa shape index (κ1) is 22.8. The van der Waals surface area contributed by atoms with Crippen molar-refractivity contribution >= 4 is 46.6 Å². The first-order valence-corrected chi connectivity index (χ1v) is 9.95. The highest BCUT2D eigenvalue weighted by atomic mass is 35.5. The van der Waals surface area contributed by atoms with Gasteiger partial charge < -0.3 is 10.1 Å². The van der Waals surface area contributed by atoms with Crippen LogP contribution >= 0.6 is 23.2 Å². The third-order valence-electron chi connectivity index (χ3n) is 4.26. The van der Waals surface area contributed by atoms with Gasteiger partial charge in [0.15, 0.2) is 0 Å². The number of carbonyl (C=O) groups excluding carboxylic acids is 1. The number of nitriles is 1. The molecule has 0 aromatic heterocycles. The number of hydrogen-bond acceptors (Lipinski definition) is 5. The molecule has 0 aliphatic heterocycles. The normalized spacial score (nSPS) is 10.8. The van der Waals surface area contributed by atoms with Crippen molar-refractivity contribution in [1.82, 2.24) is 0 Å². The minimum Gasteiger partial charge on any atom is -0.489 e. The molecule has 0 unspecified atom stereocenters. The predicted octanol–water partition coefficient (Wildman–Crippen LogP) is 6.03. The summed E-state index contributed by atoms with van der Waals surface area (Å²) in [4.78, 5) is 22.9. The molecule has 1 N–H and O–H groups in total. The maximum absolute atomic E-state index is 12.5. The van der Waals surface area contributed by atoms with Gasteiger partial charge in [-0.15, -0.1) is 0 Å². The van der Waals surface area contributed by atoms with Gasteiger partial charge in [-0.05, 0) is 47.5 Å². The second kappa shape index (κ2) is 10.4. The Morgan fingerprint density at radius 3 is 2.56 bits per heavy atom. The summed E-state index contributed by atoms with van der Waals surface area (Å²) in [5, 5.41) is 23.5. The minimum absolute atomic E-state index is 0.0343. The fourth-order valence-corrected chi connectivity index (χ4v) is 2.96. The van der Waals surface area contributed by atoms with Gasteiger partial charge in [0, 0.05) is 17.2 Å². The molecule has 1 amide bonds. The van der Waals surface area contributed by atoms with E-state index in [0.717, 1.165) is 11.6 Å². The lowest BCUT2D eigenvalue weighted by molar-refractivity contribution is -0.384. The summed E-state index contributed by atoms with van der Waals surface area (Å²) in [6.07, 6.45) is 1.38. The molecule has 0 aliphatic rings. The number of carbonyl (C=O) groups is 1. The maximum atomic E-state index is 12.5. The largest absolute Gasteiger partial charge is 0.489 e. The lowest BCUT2D eigenvalue weighted by Crippen LogP contribution is -2.14. The molecule has 0 saturated heterocycles. The van der Waals surface area contributed by atoms with Crippen LogP contribution in [0.4, 0.5) is 11.4 Å². The highest BCUT2D eigenvalue weighted by molar-refractivity contribution is 6.34. The molecule has 3 rings (SSSR count). The van der Waals surface area contributed by atoms with Crippen molar-refractivity contribution in [2.24, 2.45) is 0 Å². The van der Waals surface area contributed by atoms with Crippen LogP contribution in [0.5, 0.6) is 5.75 Å². The summed E-state index contributed by atoms with van der Waals surface area (Å²) in [5.41, 5.74) is 1.09. The number of rotatable bonds is 7. The Hall–Kier alpha value is -3.86. The van der Waals surface area contributed by atoms with E-state index in [0.29, 0.717) is 22.9 Å². The molecule has 0 bridgehead atoms. The first-order valence-electron chi connectivity index (χ1n) is 9.20. The van der Waals surface area contributed by atoms with Crippen LogP contribution in [0.1, 0.15) is 11.1 Å². The average Bonchev–Trinajstić information content (AvgIpc) is 2.78. The standard InChI is InChI=1S/C23H15Cl2N3O4/c24-18-6-4-15(5-7-18)14-32-20-3-1-2-16(11-20)10-17(13-26)23(29)27-22-12-19(28(30)31)8-9-21(22)25/h1-12H,14H2,(H,27,29)/b17-10+. The van der Waals surface area contributed by atoms with Gasteiger partial charge in [0.2, 0.25) is 0 Å². The summed E-state index contributed by atoms with van der Waals surface area (Å²) in [7, 11) is 0. The van der Waals surface area contributed by atoms with Gasteiger partial charge in [-0.25, -0.2) is 0 Å². The van der Waals surface area contributed by atoms with Crippen LogP contribution in [-0.2, 0) is 11.4 Å². The zero-order valence-corrected chi connectivity index (χ0v) is 17.9. The molecule has 3 aromatic rings. The van der Waals surface area contributed by atoms with E-state index in [2.05, 4.69) is 5.32 Å². The molecular weight excluding hydrogens is 453 g/mol. The second-order valence-corrected chi connectivity index (χ2v) is 7.38. The number of nitrogens with one attached hydrogen (secondary N) is 1. The Morgan fingerprint density at radius 2 is 1.88 bits per heavy atom. The number of benzene rings is 3. The minimum atomic E-state index is -0.748. The maximum Gasteiger partial charge on any atom is 0.271 e. The third kappa shape index (κ3) is 6.08. The third-order valence-corrected chi connectivity index (χ3v) is 4.84. The van der Waals surface area contributed by atoms with E-state index in [4.69, 9.17) is 27.9 Å². The fraction of sp³-hybridized carbons (Fsp3) is 0.0435. The molecule has 0 spiro atoms. The molecule has 7 nitrogen and oxygen atoms in total. The van der Waals surface area contributed by atoms with Crippen LogP contribution in [0.15, 0.2) is 72.3 Å². The van der Waals surface area contributed by atoms with E-state index in [1.807, 2.05) is 18.2 Å². The molecule has 0 heterocycles. The van der Waals surface area contributed by atoms with Crippen molar-refractivity contribution < 1.29 is 14.5 Å². The van der Waals surface area contributed by atoms with Crippen LogP contribution in [0.25, 0.3) is 6.08 Å². The predicted molar refractivity (Wildman–Crippen MR) is 123 cm³/mol. The number of ether oxygens (including phenoxy) is 1. The van der Waals surface area contributed by atoms with Crippen molar-refractivity contribution in [3.05, 3.63) is 104 Å². The Balaban J connectivity index is 1.74. The highest BCUT2D eigenvalue weighted by Crippen LogP contribution is 2.27. The van der Waals surface area contributed by atoms with Crippen LogP contribution in [-0.4, -0.2) is 10.8 Å². The Morgan fingerprint density at radius 1 is 1.12 bits per heavy atom. The van der Waals surface area contributed by atoms with Gasteiger partial charge in [0.05, 0.1) is 15.6 Å². The topological polar surface area (TPSA) is 105 Å². The summed E-state index contributed by atoms with van der Waals surface area (Å²) in [6, 6.07) is 19.6. The van der Waals surface area contributed by atoms with E-state index in [1.54, 1.807) is 36.4 Å². The van der Waals surface area contributed by atoms with Gasteiger partial charge in [0.1, 0.15) is 24.0 Å². The molecule has 0 atom stereocenters. The number of amides is 1. The van der Waals surface area contributed by atoms with E-state index in [9.17, 15) is 20.2 Å². The zero-order chi connectivity index (χ0) is 23.1. The fourth-order valence-electron chi connectivity index (χ4n) is 2.67. The quantitative estimate of drug-likeness (QED) is 0.197. The SMILES string of the molecule is N#C/C(=C\c1cccc(OCc2ccc(Cl)cc2)c1)C(=O)Nc1cc([N+](=O)[O-])ccc1Cl. The summed E-state index contributed by atoms with van der Waals surface area (Å²) in [6.45, 7) is 0.321. The van der Waals surface area contributed by atoms with E-state index in [-0.39, 0.29) is 22.0 Å². The number of nitrogens with zero attached hydrogens (tertiary/aromatic N) is 2. The lowest BCUT2D eigenvalue weighted by atomic mass is 10.1. The van der Waals surface area contributed by atoms with Gasteiger partial charge in [-0.3, -0.25) is 14.9 Å². The summed E-state index contributed by atoms with van der Waals surface area (Å²) >= 11 is 11.9. The van der Waals surface area contributed by atoms with Crippen LogP contribution in [0.2, 0.25) is 10.0 Å². The number of halogens is 2. The van der Waals surface area contributed by atoms with Gasteiger partial charge in [-0.1, -0.05) is 47.5 Å². The Bertz CT molecular complexity index is 1230. The molecule has 0 fully saturated rings. The Labute approximate surface area is 193 Å². The lowest BCUT2D eigenvalue weighted by Gasteiger charge is -2.08. The van der Waals surface area contributed by atoms with Crippen LogP contribution in [0, 0.1) is 21.4 Å². The molecular formula is C23H15Cl2N3O4. The van der Waals surface area contributed by atoms with E-state index >= 15 is 0 Å². The monoisotopic (exact) mass is 467 g/mol. The number of hydrogen-bond donors (Lipinski definition) is 1. The molecule has 3 aromatic carbocycles. The van der Waals surface area contributed by atoms with Crippen molar-refractivity contribution in [2.45, 2.75) is 6.61 Å². The molecule has 9 heteroatoms. The smallest absolute Gasteiger partial charge is 0.271 e. The van der Waals surface area contributed by atoms with Crippen molar-refractivity contribution in [3.63, 3.8) is 0 Å². The number of nitro benzene ring substituents is 1. The van der Waals surface area contributed by atoms with Crippen LogP contribution < -0.4 is 10.1 Å². The van der Waals surface area contributed by atoms with Crippen LogP contribution in [0.3, 0.4) is 0 Å². The van der Waals surface area contributed by atoms with Crippen molar-refractivity contribution in [2.75, 3.05) is 5.32 Å². The number of nitro groups is 1. The average molecular weight is 468 g/mol. The second-order valence-electron chi connectivity index (χ2n) is 6.53. The van der Waals surface area contributed by atoms with Crippen molar-refractivity contribution in [3.8, 4) is 11.8 Å². The first-order chi connectivity index (χ1) is 15.4. The van der Waals surface area contributed by atoms with Gasteiger partial charge in [0.25, 0.3) is 11.6 Å². The highest BCUT2D eigenvalue weighted by Gasteiger charge is 2.15. The number of anilines is 1. The van der Waals surface area contributed by atoms with E-state index in [1.165, 1.54) is 18.2 Å². The summed E-state index contributed by atoms with van der Waals surface area (Å²) in [5.74, 6) is -0.199. The molecule has 32 heavy (non-hydrogen) atoms. The molecule has 160 valence electrons. The molecule has 0 saturated carbocycles. The Kier molecular flexibility index (Phi) is 7.45. The van der Waals surface area contributed by atoms with Gasteiger partial charge in [-0.2, -0.15) is 5.26 Å². The number of non-ortho nitro benzene ring substituents is 1. The van der Waals surface area contributed by atoms with Crippen molar-refractivity contribution in [1.29, 1.82) is 5.26 Å². The van der Waals surface area contributed by atoms with E-state index < -0.39 is 10.8 Å².